The smallest absolute Gasteiger partial charge is 0.313 e. The zero-order chi connectivity index (χ0) is 14.5. The van der Waals surface area contributed by atoms with Crippen LogP contribution in [0.1, 0.15) is 29.9 Å². The summed E-state index contributed by atoms with van der Waals surface area (Å²) < 4.78 is 10.9. The van der Waals surface area contributed by atoms with Gasteiger partial charge < -0.3 is 14.4 Å². The predicted octanol–water partition coefficient (Wildman–Crippen LogP) is 0.565. The van der Waals surface area contributed by atoms with Crippen LogP contribution in [-0.2, 0) is 20.7 Å². The molecular weight excluding hydrogens is 266 g/mol. The van der Waals surface area contributed by atoms with Crippen molar-refractivity contribution in [1.82, 2.24) is 0 Å². The lowest BCUT2D eigenvalue weighted by molar-refractivity contribution is -0.908. The second kappa shape index (κ2) is 7.05. The van der Waals surface area contributed by atoms with Gasteiger partial charge in [0.15, 0.2) is 0 Å². The second-order valence-electron chi connectivity index (χ2n) is 5.92. The highest BCUT2D eigenvalue weighted by atomic mass is 16.5. The molecular formula is C17H24NO3+. The number of nitrogens with one attached hydrogen (secondary N) is 1. The van der Waals surface area contributed by atoms with Crippen LogP contribution in [-0.4, -0.2) is 45.4 Å². The molecule has 1 aliphatic heterocycles. The maximum Gasteiger partial charge on any atom is 0.313 e. The van der Waals surface area contributed by atoms with E-state index in [1.807, 2.05) is 12.1 Å². The van der Waals surface area contributed by atoms with Gasteiger partial charge >= 0.3 is 5.97 Å². The van der Waals surface area contributed by atoms with Crippen LogP contribution in [0.4, 0.5) is 0 Å². The first-order valence-corrected chi connectivity index (χ1v) is 8.00. The second-order valence-corrected chi connectivity index (χ2v) is 5.92. The van der Waals surface area contributed by atoms with Crippen LogP contribution >= 0.6 is 0 Å². The largest absolute Gasteiger partial charge is 0.459 e. The average molecular weight is 290 g/mol. The number of fused-ring (bicyclic) bond motifs is 1. The van der Waals surface area contributed by atoms with Crippen LogP contribution in [0.3, 0.4) is 0 Å². The highest BCUT2D eigenvalue weighted by Crippen LogP contribution is 2.32. The fourth-order valence-electron chi connectivity index (χ4n) is 3.31. The lowest BCUT2D eigenvalue weighted by atomic mass is 9.83. The monoisotopic (exact) mass is 290 g/mol. The zero-order valence-corrected chi connectivity index (χ0v) is 12.5. The minimum atomic E-state index is -0.0605. The molecule has 1 fully saturated rings. The predicted molar refractivity (Wildman–Crippen MR) is 79.5 cm³/mol. The van der Waals surface area contributed by atoms with Gasteiger partial charge in [-0.15, -0.1) is 0 Å². The Balaban J connectivity index is 1.51. The normalized spacial score (nSPS) is 22.6. The third kappa shape index (κ3) is 3.63. The van der Waals surface area contributed by atoms with Crippen LogP contribution < -0.4 is 4.90 Å². The van der Waals surface area contributed by atoms with Gasteiger partial charge in [0, 0.05) is 0 Å². The van der Waals surface area contributed by atoms with Crippen LogP contribution in [0.5, 0.6) is 0 Å². The van der Waals surface area contributed by atoms with E-state index >= 15 is 0 Å². The van der Waals surface area contributed by atoms with Gasteiger partial charge in [-0.2, -0.15) is 0 Å². The molecule has 0 amide bonds. The lowest BCUT2D eigenvalue weighted by Crippen LogP contribution is -3.14. The number of carbonyl (C=O) groups is 1. The van der Waals surface area contributed by atoms with Crippen molar-refractivity contribution in [1.29, 1.82) is 0 Å². The molecule has 1 aliphatic carbocycles. The first-order chi connectivity index (χ1) is 10.3. The van der Waals surface area contributed by atoms with Crippen molar-refractivity contribution in [3.63, 3.8) is 0 Å². The number of carbonyl (C=O) groups excluding carboxylic acids is 1. The van der Waals surface area contributed by atoms with E-state index in [9.17, 15) is 4.79 Å². The van der Waals surface area contributed by atoms with Crippen molar-refractivity contribution in [3.05, 3.63) is 35.4 Å². The molecule has 4 nitrogen and oxygen atoms in total. The molecule has 1 saturated heterocycles. The van der Waals surface area contributed by atoms with Gasteiger partial charge in [0.25, 0.3) is 0 Å². The number of ether oxygens (including phenoxy) is 2. The topological polar surface area (TPSA) is 40.0 Å². The Morgan fingerprint density at radius 3 is 2.95 bits per heavy atom. The van der Waals surface area contributed by atoms with E-state index in [1.165, 1.54) is 16.0 Å². The molecule has 1 N–H and O–H groups in total. The molecule has 0 bridgehead atoms. The van der Waals surface area contributed by atoms with Gasteiger partial charge in [0.1, 0.15) is 26.2 Å². The Labute approximate surface area is 126 Å². The summed E-state index contributed by atoms with van der Waals surface area (Å²) in [6.07, 6.45) is 3.07. The number of esters is 1. The Morgan fingerprint density at radius 2 is 2.10 bits per heavy atom. The molecule has 114 valence electrons. The van der Waals surface area contributed by atoms with Crippen LogP contribution in [0, 0.1) is 0 Å². The van der Waals surface area contributed by atoms with E-state index in [1.54, 1.807) is 0 Å². The molecule has 4 heteroatoms. The molecule has 3 rings (SSSR count). The summed E-state index contributed by atoms with van der Waals surface area (Å²) >= 11 is 0. The van der Waals surface area contributed by atoms with E-state index in [4.69, 9.17) is 9.47 Å². The minimum Gasteiger partial charge on any atom is -0.459 e. The maximum atomic E-state index is 12.3. The summed E-state index contributed by atoms with van der Waals surface area (Å²) in [5.74, 6) is -0.107. The van der Waals surface area contributed by atoms with Crippen molar-refractivity contribution in [2.75, 3.05) is 39.5 Å². The number of quaternary nitrogens is 1. The highest BCUT2D eigenvalue weighted by molar-refractivity contribution is 5.79. The molecule has 1 atom stereocenters. The molecule has 0 aromatic heterocycles. The molecule has 1 aromatic carbocycles. The van der Waals surface area contributed by atoms with Gasteiger partial charge in [-0.1, -0.05) is 24.3 Å². The SMILES string of the molecule is O=C(OCC[NH+]1CCOCC1)C1CCCc2ccccc21. The molecule has 1 unspecified atom stereocenters. The summed E-state index contributed by atoms with van der Waals surface area (Å²) in [5, 5.41) is 0. The highest BCUT2D eigenvalue weighted by Gasteiger charge is 2.27. The molecule has 1 heterocycles. The maximum absolute atomic E-state index is 12.3. The van der Waals surface area contributed by atoms with Crippen molar-refractivity contribution >= 4 is 5.97 Å². The van der Waals surface area contributed by atoms with Gasteiger partial charge in [0.05, 0.1) is 19.1 Å². The van der Waals surface area contributed by atoms with Gasteiger partial charge in [-0.3, -0.25) is 4.79 Å². The number of hydrogen-bond donors (Lipinski definition) is 1. The first kappa shape index (κ1) is 14.5. The first-order valence-electron chi connectivity index (χ1n) is 8.00. The Bertz CT molecular complexity index is 483. The number of hydrogen-bond acceptors (Lipinski definition) is 3. The van der Waals surface area contributed by atoms with Gasteiger partial charge in [0.2, 0.25) is 0 Å². The summed E-state index contributed by atoms with van der Waals surface area (Å²) in [4.78, 5) is 13.8. The fraction of sp³-hybridized carbons (Fsp3) is 0.588. The number of aryl methyl sites for hydroxylation is 1. The number of morpholine rings is 1. The van der Waals surface area contributed by atoms with Gasteiger partial charge in [-0.25, -0.2) is 0 Å². The molecule has 0 spiro atoms. The summed E-state index contributed by atoms with van der Waals surface area (Å²) in [5.41, 5.74) is 2.48. The summed E-state index contributed by atoms with van der Waals surface area (Å²) in [6.45, 7) is 5.09. The third-order valence-corrected chi connectivity index (χ3v) is 4.55. The summed E-state index contributed by atoms with van der Waals surface area (Å²) in [7, 11) is 0. The Hall–Kier alpha value is -1.39. The van der Waals surface area contributed by atoms with Crippen molar-refractivity contribution in [2.24, 2.45) is 0 Å². The van der Waals surface area contributed by atoms with Crippen LogP contribution in [0.15, 0.2) is 24.3 Å². The average Bonchev–Trinajstić information content (AvgIpc) is 2.55. The number of rotatable bonds is 4. The standard InChI is InChI=1S/C17H23NO3/c19-17(21-13-10-18-8-11-20-12-9-18)16-7-3-5-14-4-1-2-6-15(14)16/h1-2,4,6,16H,3,5,7-13H2/p+1. The minimum absolute atomic E-state index is 0.0465. The quantitative estimate of drug-likeness (QED) is 0.824. The molecule has 0 saturated carbocycles. The van der Waals surface area contributed by atoms with E-state index in [0.29, 0.717) is 6.61 Å². The Kier molecular flexibility index (Phi) is 4.88. The van der Waals surface area contributed by atoms with Crippen LogP contribution in [0.2, 0.25) is 0 Å². The molecule has 21 heavy (non-hydrogen) atoms. The molecule has 1 aromatic rings. The summed E-state index contributed by atoms with van der Waals surface area (Å²) in [6, 6.07) is 8.27. The van der Waals surface area contributed by atoms with E-state index in [-0.39, 0.29) is 11.9 Å². The van der Waals surface area contributed by atoms with E-state index in [0.717, 1.165) is 52.1 Å². The third-order valence-electron chi connectivity index (χ3n) is 4.55. The molecule has 0 radical (unpaired) electrons. The van der Waals surface area contributed by atoms with Crippen molar-refractivity contribution < 1.29 is 19.2 Å². The van der Waals surface area contributed by atoms with Crippen molar-refractivity contribution in [2.45, 2.75) is 25.2 Å². The fourth-order valence-corrected chi connectivity index (χ4v) is 3.31. The molecule has 2 aliphatic rings. The lowest BCUT2D eigenvalue weighted by Gasteiger charge is -2.25. The Morgan fingerprint density at radius 1 is 1.29 bits per heavy atom. The van der Waals surface area contributed by atoms with Crippen LogP contribution in [0.25, 0.3) is 0 Å². The number of benzene rings is 1. The van der Waals surface area contributed by atoms with E-state index in [2.05, 4.69) is 12.1 Å². The van der Waals surface area contributed by atoms with E-state index < -0.39 is 0 Å². The zero-order valence-electron chi connectivity index (χ0n) is 12.5. The van der Waals surface area contributed by atoms with Gasteiger partial charge in [-0.05, 0) is 30.4 Å². The van der Waals surface area contributed by atoms with Crippen molar-refractivity contribution in [3.8, 4) is 0 Å².